The Kier molecular flexibility index (Phi) is 3.24. The zero-order valence-electron chi connectivity index (χ0n) is 11.7. The van der Waals surface area contributed by atoms with E-state index in [1.165, 1.54) is 0 Å². The monoisotopic (exact) mass is 270 g/mol. The molecule has 2 amide bonds. The lowest BCUT2D eigenvalue weighted by molar-refractivity contribution is -0.140. The van der Waals surface area contributed by atoms with Crippen LogP contribution < -0.4 is 5.73 Å². The fraction of sp³-hybridized carbons (Fsp3) is 0.846. The molecule has 0 radical (unpaired) electrons. The van der Waals surface area contributed by atoms with Gasteiger partial charge in [-0.3, -0.25) is 4.79 Å². The predicted molar refractivity (Wildman–Crippen MR) is 68.1 cm³/mol. The fourth-order valence-electron chi connectivity index (χ4n) is 3.21. The summed E-state index contributed by atoms with van der Waals surface area (Å²) in [4.78, 5) is 25.0. The van der Waals surface area contributed by atoms with Crippen LogP contribution in [0.15, 0.2) is 0 Å². The maximum atomic E-state index is 12.0. The van der Waals surface area contributed by atoms with Gasteiger partial charge in [0, 0.05) is 24.4 Å². The molecule has 19 heavy (non-hydrogen) atoms. The Balaban J connectivity index is 2.07. The lowest BCUT2D eigenvalue weighted by Gasteiger charge is -2.48. The van der Waals surface area contributed by atoms with Crippen molar-refractivity contribution in [3.8, 4) is 0 Å². The quantitative estimate of drug-likeness (QED) is 0.756. The minimum Gasteiger partial charge on any atom is -0.444 e. The number of ether oxygens (including phenoxy) is 1. The van der Waals surface area contributed by atoms with Crippen LogP contribution in [0.1, 0.15) is 27.2 Å². The van der Waals surface area contributed by atoms with E-state index in [9.17, 15) is 14.7 Å². The molecule has 0 bridgehead atoms. The first kappa shape index (κ1) is 14.1. The smallest absolute Gasteiger partial charge is 0.410 e. The molecule has 2 aliphatic rings. The molecule has 1 saturated carbocycles. The molecule has 1 aliphatic heterocycles. The van der Waals surface area contributed by atoms with Crippen LogP contribution in [0.3, 0.4) is 0 Å². The highest BCUT2D eigenvalue weighted by Crippen LogP contribution is 2.55. The molecule has 6 heteroatoms. The van der Waals surface area contributed by atoms with Crippen LogP contribution in [0.25, 0.3) is 0 Å². The van der Waals surface area contributed by atoms with Gasteiger partial charge in [-0.05, 0) is 33.1 Å². The molecule has 3 atom stereocenters. The molecule has 2 fully saturated rings. The lowest BCUT2D eigenvalue weighted by atomic mass is 9.54. The average molecular weight is 270 g/mol. The Morgan fingerprint density at radius 1 is 1.47 bits per heavy atom. The highest BCUT2D eigenvalue weighted by Gasteiger charge is 2.62. The van der Waals surface area contributed by atoms with Crippen LogP contribution in [0, 0.1) is 17.3 Å². The summed E-state index contributed by atoms with van der Waals surface area (Å²) in [5.41, 5.74) is 4.25. The largest absolute Gasteiger partial charge is 0.444 e. The number of carbonyl (C=O) groups excluding carboxylic acids is 2. The Morgan fingerprint density at radius 2 is 2.11 bits per heavy atom. The molecule has 0 spiro atoms. The summed E-state index contributed by atoms with van der Waals surface area (Å²) in [5.74, 6) is -0.589. The summed E-state index contributed by atoms with van der Waals surface area (Å²) in [7, 11) is 0. The maximum Gasteiger partial charge on any atom is 0.410 e. The number of rotatable bonds is 2. The summed E-state index contributed by atoms with van der Waals surface area (Å²) in [6.07, 6.45) is 0.257. The van der Waals surface area contributed by atoms with Crippen LogP contribution >= 0.6 is 0 Å². The van der Waals surface area contributed by atoms with Crippen molar-refractivity contribution in [2.75, 3.05) is 19.7 Å². The molecule has 1 saturated heterocycles. The minimum atomic E-state index is -0.553. The van der Waals surface area contributed by atoms with Gasteiger partial charge >= 0.3 is 6.09 Å². The number of nitrogens with zero attached hydrogens (tertiary/aromatic N) is 1. The number of aliphatic hydroxyl groups excluding tert-OH is 1. The van der Waals surface area contributed by atoms with Gasteiger partial charge in [-0.2, -0.15) is 0 Å². The first-order chi connectivity index (χ1) is 8.69. The first-order valence-corrected chi connectivity index (χ1v) is 6.58. The van der Waals surface area contributed by atoms with Crippen molar-refractivity contribution in [2.24, 2.45) is 23.0 Å². The van der Waals surface area contributed by atoms with Gasteiger partial charge in [-0.25, -0.2) is 4.79 Å². The summed E-state index contributed by atoms with van der Waals surface area (Å²) in [5, 5.41) is 9.61. The number of aliphatic hydroxyl groups is 1. The molecule has 1 aliphatic carbocycles. The second-order valence-electron chi connectivity index (χ2n) is 6.64. The summed E-state index contributed by atoms with van der Waals surface area (Å²) >= 11 is 0. The molecule has 3 N–H and O–H groups in total. The zero-order chi connectivity index (χ0) is 14.4. The van der Waals surface area contributed by atoms with Crippen molar-refractivity contribution in [2.45, 2.75) is 32.8 Å². The molecular formula is C13H22N2O4. The molecular weight excluding hydrogens is 248 g/mol. The number of likely N-dealkylation sites (tertiary alicyclic amines) is 1. The van der Waals surface area contributed by atoms with Gasteiger partial charge in [-0.15, -0.1) is 0 Å². The van der Waals surface area contributed by atoms with Gasteiger partial charge in [0.15, 0.2) is 0 Å². The van der Waals surface area contributed by atoms with Crippen molar-refractivity contribution < 1.29 is 19.4 Å². The molecule has 0 unspecified atom stereocenters. The third-order valence-corrected chi connectivity index (χ3v) is 4.24. The number of primary amides is 1. The van der Waals surface area contributed by atoms with Crippen LogP contribution in [0.2, 0.25) is 0 Å². The van der Waals surface area contributed by atoms with Crippen LogP contribution in [-0.2, 0) is 9.53 Å². The standard InChI is InChI=1S/C13H22N2O4/c1-12(2,3)19-11(18)15-5-8-4-9(10(14)17)13(8,6-15)7-16/h8-9,16H,4-7H2,1-3H3,(H2,14,17)/t8-,9-,13-/m0/s1. The van der Waals surface area contributed by atoms with E-state index in [2.05, 4.69) is 0 Å². The topological polar surface area (TPSA) is 92.9 Å². The lowest BCUT2D eigenvalue weighted by Crippen LogP contribution is -2.56. The third kappa shape index (κ3) is 2.29. The number of carbonyl (C=O) groups is 2. The number of amides is 2. The number of fused-ring (bicyclic) bond motifs is 1. The summed E-state index contributed by atoms with van der Waals surface area (Å²) in [6, 6.07) is 0. The van der Waals surface area contributed by atoms with E-state index >= 15 is 0 Å². The molecule has 0 aromatic carbocycles. The first-order valence-electron chi connectivity index (χ1n) is 6.58. The van der Waals surface area contributed by atoms with Crippen molar-refractivity contribution in [1.82, 2.24) is 4.90 Å². The van der Waals surface area contributed by atoms with Gasteiger partial charge in [0.1, 0.15) is 5.60 Å². The second kappa shape index (κ2) is 4.37. The van der Waals surface area contributed by atoms with Crippen LogP contribution in [0.4, 0.5) is 4.79 Å². The summed E-state index contributed by atoms with van der Waals surface area (Å²) < 4.78 is 5.32. The Labute approximate surface area is 112 Å². The number of hydrogen-bond donors (Lipinski definition) is 2. The minimum absolute atomic E-state index is 0.120. The highest BCUT2D eigenvalue weighted by molar-refractivity contribution is 5.79. The van der Waals surface area contributed by atoms with Gasteiger partial charge in [0.2, 0.25) is 5.91 Å². The van der Waals surface area contributed by atoms with E-state index in [1.54, 1.807) is 4.90 Å². The van der Waals surface area contributed by atoms with Crippen molar-refractivity contribution in [1.29, 1.82) is 0 Å². The van der Waals surface area contributed by atoms with Gasteiger partial charge < -0.3 is 20.5 Å². The molecule has 1 heterocycles. The summed E-state index contributed by atoms with van der Waals surface area (Å²) in [6.45, 7) is 6.18. The highest BCUT2D eigenvalue weighted by atomic mass is 16.6. The number of hydrogen-bond acceptors (Lipinski definition) is 4. The molecule has 2 rings (SSSR count). The Bertz CT molecular complexity index is 404. The average Bonchev–Trinajstić information content (AvgIpc) is 2.50. The molecule has 0 aromatic rings. The van der Waals surface area contributed by atoms with Gasteiger partial charge in [0.05, 0.1) is 6.61 Å². The van der Waals surface area contributed by atoms with E-state index < -0.39 is 23.0 Å². The predicted octanol–water partition coefficient (Wildman–Crippen LogP) is 0.337. The van der Waals surface area contributed by atoms with Crippen molar-refractivity contribution in [3.05, 3.63) is 0 Å². The number of nitrogens with two attached hydrogens (primary N) is 1. The van der Waals surface area contributed by atoms with Crippen LogP contribution in [0.5, 0.6) is 0 Å². The van der Waals surface area contributed by atoms with Gasteiger partial charge in [0.25, 0.3) is 0 Å². The molecule has 0 aromatic heterocycles. The van der Waals surface area contributed by atoms with E-state index in [-0.39, 0.29) is 18.4 Å². The normalized spacial score (nSPS) is 33.6. The van der Waals surface area contributed by atoms with Gasteiger partial charge in [-0.1, -0.05) is 0 Å². The van der Waals surface area contributed by atoms with E-state index in [4.69, 9.17) is 10.5 Å². The van der Waals surface area contributed by atoms with Crippen LogP contribution in [-0.4, -0.2) is 47.3 Å². The zero-order valence-corrected chi connectivity index (χ0v) is 11.7. The maximum absolute atomic E-state index is 12.0. The Morgan fingerprint density at radius 3 is 2.58 bits per heavy atom. The van der Waals surface area contributed by atoms with Crippen molar-refractivity contribution >= 4 is 12.0 Å². The molecule has 108 valence electrons. The third-order valence-electron chi connectivity index (χ3n) is 4.24. The van der Waals surface area contributed by atoms with E-state index in [1.807, 2.05) is 20.8 Å². The SMILES string of the molecule is CC(C)(C)OC(=O)N1C[C@@H]2C[C@@H](C(N)=O)[C@]2(CO)C1. The van der Waals surface area contributed by atoms with Crippen molar-refractivity contribution in [3.63, 3.8) is 0 Å². The molecule has 6 nitrogen and oxygen atoms in total. The fourth-order valence-corrected chi connectivity index (χ4v) is 3.21. The van der Waals surface area contributed by atoms with E-state index in [0.717, 1.165) is 0 Å². The Hall–Kier alpha value is -1.30. The second-order valence-corrected chi connectivity index (χ2v) is 6.64. The van der Waals surface area contributed by atoms with E-state index in [0.29, 0.717) is 19.5 Å².